The molecule has 78 valence electrons. The van der Waals surface area contributed by atoms with Gasteiger partial charge in [-0.05, 0) is 27.7 Å². The van der Waals surface area contributed by atoms with E-state index in [1.807, 2.05) is 0 Å². The second-order valence-electron chi connectivity index (χ2n) is 5.02. The normalized spacial score (nSPS) is 27.5. The molecule has 0 N–H and O–H groups in total. The first kappa shape index (κ1) is 11.3. The fraction of sp³-hybridized carbons (Fsp3) is 1.00. The first-order valence-corrected chi connectivity index (χ1v) is 5.37. The van der Waals surface area contributed by atoms with Crippen LogP contribution in [0.3, 0.4) is 0 Å². The quantitative estimate of drug-likeness (QED) is 0.641. The maximum atomic E-state index is 5.95. The Kier molecular flexibility index (Phi) is 3.26. The summed E-state index contributed by atoms with van der Waals surface area (Å²) < 4.78 is 5.95. The lowest BCUT2D eigenvalue weighted by molar-refractivity contribution is -0.179. The Labute approximate surface area is 86.2 Å². The average Bonchev–Trinajstić information content (AvgIpc) is 1.78. The van der Waals surface area contributed by atoms with Gasteiger partial charge in [0.2, 0.25) is 0 Å². The molecule has 2 nitrogen and oxygen atoms in total. The van der Waals surface area contributed by atoms with E-state index in [0.717, 1.165) is 19.6 Å². The molecule has 0 aromatic heterocycles. The van der Waals surface area contributed by atoms with Crippen molar-refractivity contribution in [3.8, 4) is 0 Å². The van der Waals surface area contributed by atoms with Crippen molar-refractivity contribution in [1.82, 2.24) is 4.90 Å². The Hall–Kier alpha value is 0.210. The van der Waals surface area contributed by atoms with Crippen LogP contribution < -0.4 is 0 Å². The Balaban J connectivity index is 2.61. The van der Waals surface area contributed by atoms with E-state index in [2.05, 4.69) is 32.6 Å². The SMILES string of the molecule is CC1(C)CN(CCCl)CC(C)(C)O1. The fourth-order valence-corrected chi connectivity index (χ4v) is 2.46. The molecule has 0 aromatic rings. The molecule has 0 saturated carbocycles. The van der Waals surface area contributed by atoms with Crippen LogP contribution in [0.15, 0.2) is 0 Å². The fourth-order valence-electron chi connectivity index (χ4n) is 2.22. The van der Waals surface area contributed by atoms with Crippen LogP contribution in [0.25, 0.3) is 0 Å². The molecule has 1 rings (SSSR count). The Morgan fingerprint density at radius 1 is 1.15 bits per heavy atom. The summed E-state index contributed by atoms with van der Waals surface area (Å²) >= 11 is 5.74. The van der Waals surface area contributed by atoms with Crippen LogP contribution in [0.2, 0.25) is 0 Å². The van der Waals surface area contributed by atoms with Crippen LogP contribution in [-0.2, 0) is 4.74 Å². The first-order chi connectivity index (χ1) is 5.85. The highest BCUT2D eigenvalue weighted by molar-refractivity contribution is 6.18. The minimum atomic E-state index is -0.0478. The van der Waals surface area contributed by atoms with Crippen molar-refractivity contribution >= 4 is 11.6 Å². The number of hydrogen-bond donors (Lipinski definition) is 0. The summed E-state index contributed by atoms with van der Waals surface area (Å²) in [6.45, 7) is 11.4. The number of ether oxygens (including phenoxy) is 1. The minimum Gasteiger partial charge on any atom is -0.367 e. The lowest BCUT2D eigenvalue weighted by Gasteiger charge is -2.47. The number of halogens is 1. The molecule has 0 atom stereocenters. The zero-order valence-corrected chi connectivity index (χ0v) is 9.82. The number of alkyl halides is 1. The van der Waals surface area contributed by atoms with Crippen molar-refractivity contribution in [2.45, 2.75) is 38.9 Å². The lowest BCUT2D eigenvalue weighted by Crippen LogP contribution is -2.57. The van der Waals surface area contributed by atoms with Crippen molar-refractivity contribution in [3.05, 3.63) is 0 Å². The van der Waals surface area contributed by atoms with Gasteiger partial charge in [-0.25, -0.2) is 0 Å². The third-order valence-electron chi connectivity index (χ3n) is 2.16. The van der Waals surface area contributed by atoms with Crippen molar-refractivity contribution in [3.63, 3.8) is 0 Å². The zero-order valence-electron chi connectivity index (χ0n) is 9.06. The van der Waals surface area contributed by atoms with E-state index >= 15 is 0 Å². The van der Waals surface area contributed by atoms with E-state index in [1.165, 1.54) is 0 Å². The Bertz CT molecular complexity index is 164. The zero-order chi connectivity index (χ0) is 10.1. The van der Waals surface area contributed by atoms with E-state index in [1.54, 1.807) is 0 Å². The van der Waals surface area contributed by atoms with E-state index in [0.29, 0.717) is 5.88 Å². The summed E-state index contributed by atoms with van der Waals surface area (Å²) in [5, 5.41) is 0. The summed E-state index contributed by atoms with van der Waals surface area (Å²) in [5.74, 6) is 0.701. The van der Waals surface area contributed by atoms with Gasteiger partial charge in [-0.1, -0.05) is 0 Å². The molecule has 0 radical (unpaired) electrons. The number of hydrogen-bond acceptors (Lipinski definition) is 2. The predicted octanol–water partition coefficient (Wildman–Crippen LogP) is 2.11. The average molecular weight is 206 g/mol. The molecular formula is C10H20ClNO. The number of morpholine rings is 1. The largest absolute Gasteiger partial charge is 0.367 e. The van der Waals surface area contributed by atoms with Crippen molar-refractivity contribution < 1.29 is 4.74 Å². The molecule has 1 aliphatic rings. The first-order valence-electron chi connectivity index (χ1n) is 4.83. The highest BCUT2D eigenvalue weighted by Crippen LogP contribution is 2.27. The van der Waals surface area contributed by atoms with E-state index in [4.69, 9.17) is 16.3 Å². The van der Waals surface area contributed by atoms with Gasteiger partial charge in [0.25, 0.3) is 0 Å². The van der Waals surface area contributed by atoms with Gasteiger partial charge in [0, 0.05) is 25.5 Å². The lowest BCUT2D eigenvalue weighted by atomic mass is 9.99. The summed E-state index contributed by atoms with van der Waals surface area (Å²) in [5.41, 5.74) is -0.0956. The molecule has 0 aromatic carbocycles. The molecule has 0 bridgehead atoms. The summed E-state index contributed by atoms with van der Waals surface area (Å²) in [4.78, 5) is 2.37. The second-order valence-corrected chi connectivity index (χ2v) is 5.40. The van der Waals surface area contributed by atoms with E-state index in [-0.39, 0.29) is 11.2 Å². The minimum absolute atomic E-state index is 0.0478. The molecule has 13 heavy (non-hydrogen) atoms. The highest BCUT2D eigenvalue weighted by Gasteiger charge is 2.37. The smallest absolute Gasteiger partial charge is 0.0760 e. The summed E-state index contributed by atoms with van der Waals surface area (Å²) in [6.07, 6.45) is 0. The molecular weight excluding hydrogens is 186 g/mol. The predicted molar refractivity (Wildman–Crippen MR) is 56.4 cm³/mol. The number of nitrogens with zero attached hydrogens (tertiary/aromatic N) is 1. The van der Waals surface area contributed by atoms with Crippen LogP contribution >= 0.6 is 11.6 Å². The molecule has 0 amide bonds. The molecule has 1 fully saturated rings. The van der Waals surface area contributed by atoms with Gasteiger partial charge >= 0.3 is 0 Å². The van der Waals surface area contributed by atoms with Gasteiger partial charge in [0.1, 0.15) is 0 Å². The van der Waals surface area contributed by atoms with Crippen LogP contribution in [0.4, 0.5) is 0 Å². The molecule has 1 saturated heterocycles. The third-order valence-corrected chi connectivity index (χ3v) is 2.33. The molecule has 0 unspecified atom stereocenters. The molecule has 0 aliphatic carbocycles. The van der Waals surface area contributed by atoms with E-state index in [9.17, 15) is 0 Å². The van der Waals surface area contributed by atoms with Gasteiger partial charge in [0.15, 0.2) is 0 Å². The van der Waals surface area contributed by atoms with Gasteiger partial charge in [-0.2, -0.15) is 0 Å². The van der Waals surface area contributed by atoms with E-state index < -0.39 is 0 Å². The highest BCUT2D eigenvalue weighted by atomic mass is 35.5. The van der Waals surface area contributed by atoms with Gasteiger partial charge < -0.3 is 4.74 Å². The van der Waals surface area contributed by atoms with Gasteiger partial charge in [-0.3, -0.25) is 4.90 Å². The molecule has 1 heterocycles. The molecule has 3 heteroatoms. The molecule has 1 aliphatic heterocycles. The van der Waals surface area contributed by atoms with Crippen LogP contribution in [0.5, 0.6) is 0 Å². The van der Waals surface area contributed by atoms with Crippen molar-refractivity contribution in [1.29, 1.82) is 0 Å². The summed E-state index contributed by atoms with van der Waals surface area (Å²) in [6, 6.07) is 0. The maximum absolute atomic E-state index is 5.95. The van der Waals surface area contributed by atoms with Crippen molar-refractivity contribution in [2.75, 3.05) is 25.5 Å². The van der Waals surface area contributed by atoms with Crippen molar-refractivity contribution in [2.24, 2.45) is 0 Å². The second kappa shape index (κ2) is 3.76. The Morgan fingerprint density at radius 3 is 2.00 bits per heavy atom. The van der Waals surface area contributed by atoms with Gasteiger partial charge in [0.05, 0.1) is 11.2 Å². The van der Waals surface area contributed by atoms with Crippen LogP contribution in [-0.4, -0.2) is 41.6 Å². The Morgan fingerprint density at radius 2 is 1.62 bits per heavy atom. The van der Waals surface area contributed by atoms with Crippen LogP contribution in [0.1, 0.15) is 27.7 Å². The summed E-state index contributed by atoms with van der Waals surface area (Å²) in [7, 11) is 0. The standard InChI is InChI=1S/C10H20ClNO/c1-9(2)7-12(6-5-11)8-10(3,4)13-9/h5-8H2,1-4H3. The number of rotatable bonds is 2. The van der Waals surface area contributed by atoms with Gasteiger partial charge in [-0.15, -0.1) is 11.6 Å². The maximum Gasteiger partial charge on any atom is 0.0760 e. The van der Waals surface area contributed by atoms with Crippen LogP contribution in [0, 0.1) is 0 Å². The topological polar surface area (TPSA) is 12.5 Å². The molecule has 0 spiro atoms. The third kappa shape index (κ3) is 3.45. The monoisotopic (exact) mass is 205 g/mol.